The van der Waals surface area contributed by atoms with Crippen LogP contribution in [0.25, 0.3) is 11.1 Å². The number of fused-ring (bicyclic) bond motifs is 3. The van der Waals surface area contributed by atoms with E-state index in [0.29, 0.717) is 0 Å². The Morgan fingerprint density at radius 2 is 1.55 bits per heavy atom. The minimum absolute atomic E-state index is 0.0354. The standard InChI is InChI=1S/C23H23NO5/c25-15-9-11-23(12-10-15,21(26)27)14-24-22(28)29-13-20-18-7-3-1-5-16(18)17-6-2-4-8-19(17)20/h1-8,20H,9-14H2,(H,24,28)(H,26,27). The van der Waals surface area contributed by atoms with Gasteiger partial charge < -0.3 is 15.2 Å². The van der Waals surface area contributed by atoms with E-state index in [1.807, 2.05) is 36.4 Å². The number of ketones is 1. The number of ether oxygens (including phenoxy) is 1. The van der Waals surface area contributed by atoms with Crippen LogP contribution in [0.3, 0.4) is 0 Å². The van der Waals surface area contributed by atoms with Gasteiger partial charge in [0.15, 0.2) is 0 Å². The molecule has 0 bridgehead atoms. The Morgan fingerprint density at radius 3 is 2.10 bits per heavy atom. The number of benzene rings is 2. The first-order valence-corrected chi connectivity index (χ1v) is 9.84. The van der Waals surface area contributed by atoms with Gasteiger partial charge in [-0.3, -0.25) is 9.59 Å². The van der Waals surface area contributed by atoms with Gasteiger partial charge in [0, 0.05) is 25.3 Å². The predicted octanol–water partition coefficient (Wildman–Crippen LogP) is 3.74. The van der Waals surface area contributed by atoms with Crippen LogP contribution in [0.1, 0.15) is 42.7 Å². The van der Waals surface area contributed by atoms with E-state index in [1.54, 1.807) is 0 Å². The lowest BCUT2D eigenvalue weighted by Gasteiger charge is -2.32. The average Bonchev–Trinajstić information content (AvgIpc) is 3.06. The number of carboxylic acid groups (broad SMARTS) is 1. The first-order chi connectivity index (χ1) is 14.0. The molecule has 0 aromatic heterocycles. The van der Waals surface area contributed by atoms with Crippen LogP contribution in [0.15, 0.2) is 48.5 Å². The zero-order valence-corrected chi connectivity index (χ0v) is 16.0. The molecular formula is C23H23NO5. The summed E-state index contributed by atoms with van der Waals surface area (Å²) in [5, 5.41) is 12.2. The van der Waals surface area contributed by atoms with Crippen molar-refractivity contribution in [2.45, 2.75) is 31.6 Å². The number of hydrogen-bond acceptors (Lipinski definition) is 4. The molecule has 29 heavy (non-hydrogen) atoms. The molecule has 1 saturated carbocycles. The van der Waals surface area contributed by atoms with Crippen molar-refractivity contribution in [2.75, 3.05) is 13.2 Å². The molecule has 0 radical (unpaired) electrons. The number of rotatable bonds is 5. The molecule has 0 unspecified atom stereocenters. The Bertz CT molecular complexity index is 912. The third kappa shape index (κ3) is 3.62. The van der Waals surface area contributed by atoms with E-state index in [1.165, 1.54) is 0 Å². The quantitative estimate of drug-likeness (QED) is 0.807. The zero-order valence-electron chi connectivity index (χ0n) is 16.0. The van der Waals surface area contributed by atoms with Crippen LogP contribution < -0.4 is 5.32 Å². The van der Waals surface area contributed by atoms with Crippen molar-refractivity contribution in [3.63, 3.8) is 0 Å². The van der Waals surface area contributed by atoms with E-state index >= 15 is 0 Å². The van der Waals surface area contributed by atoms with E-state index in [2.05, 4.69) is 17.4 Å². The summed E-state index contributed by atoms with van der Waals surface area (Å²) in [5.41, 5.74) is 3.44. The largest absolute Gasteiger partial charge is 0.481 e. The van der Waals surface area contributed by atoms with Crippen LogP contribution in [-0.4, -0.2) is 36.1 Å². The first kappa shape index (κ1) is 19.2. The van der Waals surface area contributed by atoms with Crippen molar-refractivity contribution in [1.29, 1.82) is 0 Å². The van der Waals surface area contributed by atoms with Gasteiger partial charge in [0.2, 0.25) is 0 Å². The van der Waals surface area contributed by atoms with Gasteiger partial charge in [-0.05, 0) is 35.1 Å². The first-order valence-electron chi connectivity index (χ1n) is 9.84. The number of carbonyl (C=O) groups is 3. The maximum Gasteiger partial charge on any atom is 0.407 e. The van der Waals surface area contributed by atoms with E-state index in [-0.39, 0.29) is 50.5 Å². The summed E-state index contributed by atoms with van der Waals surface area (Å²) in [5.74, 6) is -0.958. The third-order valence-electron chi connectivity index (χ3n) is 6.13. The van der Waals surface area contributed by atoms with Crippen molar-refractivity contribution >= 4 is 17.8 Å². The average molecular weight is 393 g/mol. The molecule has 2 aromatic rings. The van der Waals surface area contributed by atoms with Crippen LogP contribution in [0.5, 0.6) is 0 Å². The van der Waals surface area contributed by atoms with Crippen LogP contribution in [0.4, 0.5) is 4.79 Å². The molecule has 6 heteroatoms. The fraction of sp³-hybridized carbons (Fsp3) is 0.348. The van der Waals surface area contributed by atoms with Gasteiger partial charge in [0.25, 0.3) is 0 Å². The number of aliphatic carboxylic acids is 1. The Balaban J connectivity index is 1.40. The molecule has 150 valence electrons. The van der Waals surface area contributed by atoms with E-state index in [0.717, 1.165) is 22.3 Å². The van der Waals surface area contributed by atoms with Gasteiger partial charge in [-0.2, -0.15) is 0 Å². The second-order valence-corrected chi connectivity index (χ2v) is 7.80. The number of hydrogen-bond donors (Lipinski definition) is 2. The monoisotopic (exact) mass is 393 g/mol. The Hall–Kier alpha value is -3.15. The van der Waals surface area contributed by atoms with Crippen LogP contribution in [-0.2, 0) is 14.3 Å². The van der Waals surface area contributed by atoms with Crippen LogP contribution in [0.2, 0.25) is 0 Å². The number of carboxylic acids is 1. The lowest BCUT2D eigenvalue weighted by Crippen LogP contribution is -2.45. The van der Waals surface area contributed by atoms with Gasteiger partial charge in [0.05, 0.1) is 5.41 Å². The Kier molecular flexibility index (Phi) is 5.09. The second-order valence-electron chi connectivity index (χ2n) is 7.80. The molecule has 2 aliphatic rings. The summed E-state index contributed by atoms with van der Waals surface area (Å²) in [4.78, 5) is 35.5. The number of alkyl carbamates (subject to hydrolysis) is 1. The molecule has 2 N–H and O–H groups in total. The minimum Gasteiger partial charge on any atom is -0.481 e. The van der Waals surface area contributed by atoms with Crippen molar-refractivity contribution in [3.05, 3.63) is 59.7 Å². The molecule has 2 aliphatic carbocycles. The smallest absolute Gasteiger partial charge is 0.407 e. The molecule has 6 nitrogen and oxygen atoms in total. The summed E-state index contributed by atoms with van der Waals surface area (Å²) in [7, 11) is 0. The number of amides is 1. The summed E-state index contributed by atoms with van der Waals surface area (Å²) < 4.78 is 5.47. The topological polar surface area (TPSA) is 92.7 Å². The van der Waals surface area contributed by atoms with Gasteiger partial charge in [-0.15, -0.1) is 0 Å². The minimum atomic E-state index is -1.10. The second kappa shape index (κ2) is 7.70. The number of Topliss-reactive ketones (excluding diaryl/α,β-unsaturated/α-hetero) is 1. The fourth-order valence-corrected chi connectivity index (χ4v) is 4.36. The highest BCUT2D eigenvalue weighted by Crippen LogP contribution is 2.44. The summed E-state index contributed by atoms with van der Waals surface area (Å²) in [6.45, 7) is 0.144. The molecule has 0 spiro atoms. The van der Waals surface area contributed by atoms with Gasteiger partial charge in [-0.25, -0.2) is 4.79 Å². The molecular weight excluding hydrogens is 370 g/mol. The van der Waals surface area contributed by atoms with Crippen LogP contribution >= 0.6 is 0 Å². The highest BCUT2D eigenvalue weighted by Gasteiger charge is 2.42. The Labute approximate surface area is 168 Å². The maximum atomic E-state index is 12.3. The third-order valence-corrected chi connectivity index (χ3v) is 6.13. The molecule has 1 fully saturated rings. The molecule has 0 saturated heterocycles. The molecule has 0 atom stereocenters. The predicted molar refractivity (Wildman–Crippen MR) is 107 cm³/mol. The van der Waals surface area contributed by atoms with Crippen molar-refractivity contribution in [1.82, 2.24) is 5.32 Å². The fourth-order valence-electron chi connectivity index (χ4n) is 4.36. The molecule has 0 aliphatic heterocycles. The van der Waals surface area contributed by atoms with Gasteiger partial charge in [-0.1, -0.05) is 48.5 Å². The summed E-state index contributed by atoms with van der Waals surface area (Å²) in [6.07, 6.45) is 0.317. The SMILES string of the molecule is O=C1CCC(CNC(=O)OCC2c3ccccc3-c3ccccc32)(C(=O)O)CC1. The van der Waals surface area contributed by atoms with Crippen molar-refractivity contribution < 1.29 is 24.2 Å². The molecule has 1 amide bonds. The highest BCUT2D eigenvalue weighted by molar-refractivity contribution is 5.84. The van der Waals surface area contributed by atoms with Gasteiger partial charge in [0.1, 0.15) is 12.4 Å². The molecule has 2 aromatic carbocycles. The normalized spacial score (nSPS) is 17.3. The van der Waals surface area contributed by atoms with E-state index in [9.17, 15) is 19.5 Å². The summed E-state index contributed by atoms with van der Waals surface area (Å²) in [6, 6.07) is 16.1. The Morgan fingerprint density at radius 1 is 1.00 bits per heavy atom. The van der Waals surface area contributed by atoms with E-state index in [4.69, 9.17) is 4.74 Å². The van der Waals surface area contributed by atoms with Gasteiger partial charge >= 0.3 is 12.1 Å². The van der Waals surface area contributed by atoms with Crippen molar-refractivity contribution in [2.24, 2.45) is 5.41 Å². The zero-order chi connectivity index (χ0) is 20.4. The number of nitrogens with one attached hydrogen (secondary N) is 1. The molecule has 4 rings (SSSR count). The van der Waals surface area contributed by atoms with Crippen molar-refractivity contribution in [3.8, 4) is 11.1 Å². The van der Waals surface area contributed by atoms with E-state index < -0.39 is 17.5 Å². The maximum absolute atomic E-state index is 12.3. The summed E-state index contributed by atoms with van der Waals surface area (Å²) >= 11 is 0. The highest BCUT2D eigenvalue weighted by atomic mass is 16.5. The number of carbonyl (C=O) groups excluding carboxylic acids is 2. The molecule has 0 heterocycles. The lowest BCUT2D eigenvalue weighted by molar-refractivity contribution is -0.151. The van der Waals surface area contributed by atoms with Crippen LogP contribution in [0, 0.1) is 5.41 Å². The lowest BCUT2D eigenvalue weighted by atomic mass is 9.73.